The van der Waals surface area contributed by atoms with Gasteiger partial charge in [-0.2, -0.15) is 5.01 Å². The number of carbonyl (C=O) groups is 1. The lowest BCUT2D eigenvalue weighted by Crippen LogP contribution is -2.39. The molecule has 0 saturated carbocycles. The van der Waals surface area contributed by atoms with E-state index in [1.165, 1.54) is 7.11 Å². The second-order valence-electron chi connectivity index (χ2n) is 3.51. The Hall–Kier alpha value is -1.59. The minimum Gasteiger partial charge on any atom is -0.464 e. The fourth-order valence-electron chi connectivity index (χ4n) is 1.65. The zero-order valence-corrected chi connectivity index (χ0v) is 10.3. The normalized spacial score (nSPS) is 20.3. The third-order valence-corrected chi connectivity index (χ3v) is 2.89. The number of hydrogen-bond acceptors (Lipinski definition) is 5. The number of hydrogen-bond donors (Lipinski definition) is 0. The molecule has 1 aliphatic heterocycles. The summed E-state index contributed by atoms with van der Waals surface area (Å²) < 4.78 is 4.73. The van der Waals surface area contributed by atoms with Crippen molar-refractivity contribution in [1.82, 2.24) is 9.99 Å². The van der Waals surface area contributed by atoms with Crippen LogP contribution in [0.3, 0.4) is 0 Å². The number of esters is 1. The van der Waals surface area contributed by atoms with Gasteiger partial charge in [0.2, 0.25) is 0 Å². The van der Waals surface area contributed by atoms with Crippen LogP contribution in [0.15, 0.2) is 36.3 Å². The summed E-state index contributed by atoms with van der Waals surface area (Å²) in [5.41, 5.74) is 0.766. The van der Waals surface area contributed by atoms with E-state index in [2.05, 4.69) is 4.98 Å². The Morgan fingerprint density at radius 3 is 2.94 bits per heavy atom. The van der Waals surface area contributed by atoms with E-state index in [-0.39, 0.29) is 5.50 Å². The lowest BCUT2D eigenvalue weighted by atomic mass is 10.3. The smallest absolute Gasteiger partial charge is 0.355 e. The molecule has 1 aromatic heterocycles. The third-order valence-electron chi connectivity index (χ3n) is 2.48. The van der Waals surface area contributed by atoms with Gasteiger partial charge in [-0.1, -0.05) is 11.6 Å². The number of nitrogens with zero attached hydrogens (tertiary/aromatic N) is 3. The van der Waals surface area contributed by atoms with Gasteiger partial charge < -0.3 is 4.74 Å². The van der Waals surface area contributed by atoms with Crippen molar-refractivity contribution < 1.29 is 9.53 Å². The molecule has 0 radical (unpaired) electrons. The molecule has 0 saturated heterocycles. The molecule has 0 aromatic carbocycles. The van der Waals surface area contributed by atoms with E-state index in [1.54, 1.807) is 41.6 Å². The summed E-state index contributed by atoms with van der Waals surface area (Å²) in [4.78, 5) is 15.7. The number of methoxy groups -OCH3 is 1. The van der Waals surface area contributed by atoms with Crippen molar-refractivity contribution >= 4 is 23.3 Å². The molecular weight excluding hydrogens is 242 g/mol. The molecule has 0 fully saturated rings. The van der Waals surface area contributed by atoms with E-state index in [1.807, 2.05) is 6.07 Å². The van der Waals surface area contributed by atoms with E-state index in [9.17, 15) is 4.79 Å². The van der Waals surface area contributed by atoms with Crippen LogP contribution in [-0.4, -0.2) is 35.6 Å². The number of ether oxygens (including phenoxy) is 1. The van der Waals surface area contributed by atoms with E-state index < -0.39 is 5.97 Å². The van der Waals surface area contributed by atoms with Crippen molar-refractivity contribution in [2.45, 2.75) is 5.50 Å². The van der Waals surface area contributed by atoms with Crippen molar-refractivity contribution in [1.29, 1.82) is 0 Å². The number of alkyl halides is 1. The number of rotatable bonds is 2. The fourth-order valence-corrected chi connectivity index (χ4v) is 1.85. The highest BCUT2D eigenvalue weighted by Gasteiger charge is 2.33. The highest BCUT2D eigenvalue weighted by Crippen LogP contribution is 2.29. The Morgan fingerprint density at radius 2 is 2.35 bits per heavy atom. The van der Waals surface area contributed by atoms with Gasteiger partial charge in [-0.25, -0.2) is 4.79 Å². The minimum atomic E-state index is -0.427. The average Bonchev–Trinajstić information content (AvgIpc) is 2.66. The second kappa shape index (κ2) is 4.73. The fraction of sp³-hybridized carbons (Fsp3) is 0.273. The molecular formula is C11H12ClN3O2. The summed E-state index contributed by atoms with van der Waals surface area (Å²) in [5.74, 6) is -0.427. The first-order valence-electron chi connectivity index (χ1n) is 5.02. The molecule has 1 aliphatic rings. The van der Waals surface area contributed by atoms with Crippen LogP contribution in [0.1, 0.15) is 0 Å². The van der Waals surface area contributed by atoms with Gasteiger partial charge in [-0.15, -0.1) is 0 Å². The molecule has 17 heavy (non-hydrogen) atoms. The van der Waals surface area contributed by atoms with Crippen LogP contribution in [-0.2, 0) is 9.53 Å². The number of hydrazine groups is 1. The monoisotopic (exact) mass is 253 g/mol. The average molecular weight is 254 g/mol. The first-order chi connectivity index (χ1) is 8.15. The topological polar surface area (TPSA) is 45.7 Å². The van der Waals surface area contributed by atoms with Gasteiger partial charge >= 0.3 is 5.97 Å². The summed E-state index contributed by atoms with van der Waals surface area (Å²) in [7, 11) is 3.13. The van der Waals surface area contributed by atoms with Crippen LogP contribution in [0.25, 0.3) is 0 Å². The van der Waals surface area contributed by atoms with Gasteiger partial charge in [0.15, 0.2) is 0 Å². The van der Waals surface area contributed by atoms with Crippen molar-refractivity contribution in [3.8, 4) is 0 Å². The Kier molecular flexibility index (Phi) is 3.31. The van der Waals surface area contributed by atoms with Crippen molar-refractivity contribution in [3.63, 3.8) is 0 Å². The summed E-state index contributed by atoms with van der Waals surface area (Å²) >= 11 is 6.08. The SMILES string of the molecule is COC(=O)C1=CC(Cl)N(C)N1c1cccnc1. The van der Waals surface area contributed by atoms with Gasteiger partial charge in [0, 0.05) is 13.2 Å². The zero-order valence-electron chi connectivity index (χ0n) is 9.50. The number of carbonyl (C=O) groups excluding carboxylic acids is 1. The number of anilines is 1. The van der Waals surface area contributed by atoms with E-state index >= 15 is 0 Å². The lowest BCUT2D eigenvalue weighted by molar-refractivity contribution is -0.136. The Bertz CT molecular complexity index is 449. The maximum atomic E-state index is 11.7. The van der Waals surface area contributed by atoms with Crippen LogP contribution in [0.2, 0.25) is 0 Å². The van der Waals surface area contributed by atoms with Gasteiger partial charge in [-0.05, 0) is 18.2 Å². The van der Waals surface area contributed by atoms with Crippen LogP contribution in [0.4, 0.5) is 5.69 Å². The van der Waals surface area contributed by atoms with Crippen LogP contribution < -0.4 is 5.01 Å². The molecule has 2 heterocycles. The van der Waals surface area contributed by atoms with Gasteiger partial charge in [0.05, 0.1) is 19.0 Å². The van der Waals surface area contributed by atoms with E-state index in [0.717, 1.165) is 5.69 Å². The second-order valence-corrected chi connectivity index (χ2v) is 3.96. The summed E-state index contributed by atoms with van der Waals surface area (Å²) in [5, 5.41) is 3.40. The zero-order chi connectivity index (χ0) is 12.4. The first-order valence-corrected chi connectivity index (χ1v) is 5.46. The molecule has 1 unspecified atom stereocenters. The summed E-state index contributed by atoms with van der Waals surface area (Å²) in [6.45, 7) is 0. The van der Waals surface area contributed by atoms with Crippen molar-refractivity contribution in [2.75, 3.05) is 19.2 Å². The number of halogens is 1. The van der Waals surface area contributed by atoms with Crippen LogP contribution >= 0.6 is 11.6 Å². The Morgan fingerprint density at radius 1 is 1.59 bits per heavy atom. The molecule has 0 aliphatic carbocycles. The van der Waals surface area contributed by atoms with Crippen molar-refractivity contribution in [3.05, 3.63) is 36.3 Å². The summed E-state index contributed by atoms with van der Waals surface area (Å²) in [6.07, 6.45) is 4.96. The lowest BCUT2D eigenvalue weighted by Gasteiger charge is -2.29. The Labute approximate surface area is 104 Å². The van der Waals surface area contributed by atoms with E-state index in [4.69, 9.17) is 16.3 Å². The highest BCUT2D eigenvalue weighted by molar-refractivity contribution is 6.22. The van der Waals surface area contributed by atoms with E-state index in [0.29, 0.717) is 5.70 Å². The molecule has 0 bridgehead atoms. The third kappa shape index (κ3) is 2.11. The summed E-state index contributed by atoms with van der Waals surface area (Å²) in [6, 6.07) is 3.63. The van der Waals surface area contributed by atoms with Gasteiger partial charge in [0.1, 0.15) is 11.2 Å². The molecule has 1 atom stereocenters. The predicted molar refractivity (Wildman–Crippen MR) is 64.2 cm³/mol. The van der Waals surface area contributed by atoms with Crippen LogP contribution in [0.5, 0.6) is 0 Å². The molecule has 0 amide bonds. The minimum absolute atomic E-state index is 0.385. The number of aromatic nitrogens is 1. The quantitative estimate of drug-likeness (QED) is 0.453. The first kappa shape index (κ1) is 11.9. The molecule has 90 valence electrons. The maximum absolute atomic E-state index is 11.7. The van der Waals surface area contributed by atoms with Gasteiger partial charge in [0.25, 0.3) is 0 Å². The molecule has 5 nitrogen and oxygen atoms in total. The van der Waals surface area contributed by atoms with Gasteiger partial charge in [-0.3, -0.25) is 9.99 Å². The number of likely N-dealkylation sites (N-methyl/N-ethyl adjacent to an activating group) is 1. The maximum Gasteiger partial charge on any atom is 0.355 e. The number of pyridine rings is 1. The molecule has 2 rings (SSSR count). The predicted octanol–water partition coefficient (Wildman–Crippen LogP) is 1.37. The molecule has 1 aromatic rings. The highest BCUT2D eigenvalue weighted by atomic mass is 35.5. The van der Waals surface area contributed by atoms with Crippen LogP contribution in [0, 0.1) is 0 Å². The molecule has 0 spiro atoms. The standard InChI is InChI=1S/C11H12ClN3O2/c1-14-10(12)6-9(11(16)17-2)15(14)8-4-3-5-13-7-8/h3-7,10H,1-2H3. The van der Waals surface area contributed by atoms with Crippen molar-refractivity contribution in [2.24, 2.45) is 0 Å². The Balaban J connectivity index is 2.38. The molecule has 6 heteroatoms. The largest absolute Gasteiger partial charge is 0.464 e. The molecule has 0 N–H and O–H groups in total.